The van der Waals surface area contributed by atoms with Crippen LogP contribution in [0.25, 0.3) is 16.7 Å². The highest BCUT2D eigenvalue weighted by Crippen LogP contribution is 2.31. The highest BCUT2D eigenvalue weighted by molar-refractivity contribution is 5.97. The minimum absolute atomic E-state index is 0.00718. The van der Waals surface area contributed by atoms with E-state index in [1.807, 2.05) is 19.9 Å². The highest BCUT2D eigenvalue weighted by Gasteiger charge is 2.33. The number of amides is 1. The van der Waals surface area contributed by atoms with Crippen molar-refractivity contribution < 1.29 is 19.0 Å². The Hall–Kier alpha value is -5.03. The van der Waals surface area contributed by atoms with Crippen molar-refractivity contribution in [2.75, 3.05) is 58.2 Å². The third-order valence-electron chi connectivity index (χ3n) is 9.46. The predicted octanol–water partition coefficient (Wildman–Crippen LogP) is 3.70. The van der Waals surface area contributed by atoms with Crippen LogP contribution >= 0.6 is 0 Å². The largest absolute Gasteiger partial charge is 0.454 e. The summed E-state index contributed by atoms with van der Waals surface area (Å²) in [6, 6.07) is 16.5. The van der Waals surface area contributed by atoms with Crippen LogP contribution in [-0.2, 0) is 4.79 Å². The smallest absolute Gasteiger partial charge is 0.334 e. The van der Waals surface area contributed by atoms with E-state index < -0.39 is 23.1 Å². The second-order valence-corrected chi connectivity index (χ2v) is 13.0. The van der Waals surface area contributed by atoms with Gasteiger partial charge in [0.25, 0.3) is 5.91 Å². The van der Waals surface area contributed by atoms with Gasteiger partial charge in [0.2, 0.25) is 0 Å². The number of nitriles is 1. The molecule has 13 heteroatoms. The molecule has 0 unspecified atom stereocenters. The molecule has 1 amide bonds. The number of benzene rings is 2. The van der Waals surface area contributed by atoms with E-state index in [0.29, 0.717) is 42.7 Å². The monoisotopic (exact) mass is 668 g/mol. The number of ether oxygens (including phenoxy) is 1. The maximum absolute atomic E-state index is 15.4. The summed E-state index contributed by atoms with van der Waals surface area (Å²) >= 11 is 0. The number of β-amino-alcohol motifs (C(OH)–C–C–N with tert-alkyl or cyclic N) is 1. The van der Waals surface area contributed by atoms with Gasteiger partial charge in [-0.15, -0.1) is 0 Å². The van der Waals surface area contributed by atoms with Gasteiger partial charge in [-0.1, -0.05) is 18.2 Å². The predicted molar refractivity (Wildman–Crippen MR) is 184 cm³/mol. The molecule has 2 aliphatic rings. The quantitative estimate of drug-likeness (QED) is 0.201. The molecule has 0 aliphatic carbocycles. The van der Waals surface area contributed by atoms with Crippen LogP contribution in [0, 0.1) is 17.1 Å². The molecule has 256 valence electrons. The molecule has 0 bridgehead atoms. The maximum atomic E-state index is 15.4. The van der Waals surface area contributed by atoms with Crippen LogP contribution in [0.15, 0.2) is 77.2 Å². The number of nitrogen functional groups attached to an aromatic ring is 1. The van der Waals surface area contributed by atoms with E-state index >= 15 is 4.39 Å². The standard InChI is InChI=1S/C36H41FN8O4/c1-36(2,43-17-15-41(16-18-43)19-20-46)22-25(23-38)34(47)42-14-6-7-27(24-42)44-30-12-13-40-33(39)32(30)45(35(44)48)26-10-11-31(29(37)21-26)49-28-8-4-3-5-9-28/h3-5,8-13,21-22,27,46H,6-7,14-20,24H2,1-2H3,(H2,39,40)/b25-22-/t27-/m1/s1. The summed E-state index contributed by atoms with van der Waals surface area (Å²) in [7, 11) is 0. The lowest BCUT2D eigenvalue weighted by molar-refractivity contribution is -0.128. The average Bonchev–Trinajstić information content (AvgIpc) is 3.41. The number of aliphatic hydroxyl groups excluding tert-OH is 1. The zero-order valence-corrected chi connectivity index (χ0v) is 27.8. The van der Waals surface area contributed by atoms with E-state index in [0.717, 1.165) is 26.2 Å². The number of carbonyl (C=O) groups is 1. The first-order valence-electron chi connectivity index (χ1n) is 16.5. The molecule has 4 heterocycles. The molecule has 6 rings (SSSR count). The van der Waals surface area contributed by atoms with Gasteiger partial charge in [-0.25, -0.2) is 14.2 Å². The van der Waals surface area contributed by atoms with Crippen LogP contribution < -0.4 is 16.2 Å². The molecule has 2 aliphatic heterocycles. The first-order valence-corrected chi connectivity index (χ1v) is 16.5. The molecule has 0 saturated carbocycles. The zero-order valence-electron chi connectivity index (χ0n) is 27.8. The molecule has 0 radical (unpaired) electrons. The summed E-state index contributed by atoms with van der Waals surface area (Å²) in [4.78, 5) is 38.3. The van der Waals surface area contributed by atoms with Gasteiger partial charge in [0, 0.05) is 63.6 Å². The number of piperidine rings is 1. The molecule has 4 aromatic rings. The summed E-state index contributed by atoms with van der Waals surface area (Å²) in [5.41, 5.74) is 6.49. The second-order valence-electron chi connectivity index (χ2n) is 13.0. The van der Waals surface area contributed by atoms with E-state index in [1.54, 1.807) is 51.9 Å². The third kappa shape index (κ3) is 6.94. The lowest BCUT2D eigenvalue weighted by Crippen LogP contribution is -2.54. The van der Waals surface area contributed by atoms with E-state index in [1.165, 1.54) is 22.9 Å². The summed E-state index contributed by atoms with van der Waals surface area (Å²) in [5.74, 6) is -0.447. The third-order valence-corrected chi connectivity index (χ3v) is 9.46. The van der Waals surface area contributed by atoms with Gasteiger partial charge < -0.3 is 20.5 Å². The number of anilines is 1. The van der Waals surface area contributed by atoms with Crippen molar-refractivity contribution in [3.05, 3.63) is 88.7 Å². The summed E-state index contributed by atoms with van der Waals surface area (Å²) in [6.07, 6.45) is 4.48. The summed E-state index contributed by atoms with van der Waals surface area (Å²) in [6.45, 7) is 8.46. The molecule has 2 aromatic heterocycles. The summed E-state index contributed by atoms with van der Waals surface area (Å²) < 4.78 is 24.0. The van der Waals surface area contributed by atoms with Crippen LogP contribution in [-0.4, -0.2) is 97.8 Å². The van der Waals surface area contributed by atoms with Crippen LogP contribution in [0.5, 0.6) is 11.5 Å². The Kier molecular flexibility index (Phi) is 9.82. The first kappa shape index (κ1) is 33.9. The van der Waals surface area contributed by atoms with E-state index in [2.05, 4.69) is 20.9 Å². The Bertz CT molecular complexity index is 1960. The SMILES string of the molecule is CC(C)(/C=C(/C#N)C(=O)N1CCC[C@@H](n2c(=O)n(-c3ccc(Oc4ccccc4)c(F)c3)c3c(N)nccc32)C1)N1CCN(CCO)CC1. The van der Waals surface area contributed by atoms with Crippen molar-refractivity contribution in [3.63, 3.8) is 0 Å². The van der Waals surface area contributed by atoms with E-state index in [9.17, 15) is 20.0 Å². The first-order chi connectivity index (χ1) is 23.6. The minimum atomic E-state index is -0.656. The van der Waals surface area contributed by atoms with E-state index in [4.69, 9.17) is 10.5 Å². The number of aliphatic hydroxyl groups is 1. The molecular weight excluding hydrogens is 627 g/mol. The Morgan fingerprint density at radius 3 is 2.59 bits per heavy atom. The molecule has 49 heavy (non-hydrogen) atoms. The lowest BCUT2D eigenvalue weighted by atomic mass is 9.96. The van der Waals surface area contributed by atoms with Crippen LogP contribution in [0.2, 0.25) is 0 Å². The van der Waals surface area contributed by atoms with Gasteiger partial charge >= 0.3 is 5.69 Å². The maximum Gasteiger partial charge on any atom is 0.334 e. The minimum Gasteiger partial charge on any atom is -0.454 e. The van der Waals surface area contributed by atoms with Gasteiger partial charge in [0.05, 0.1) is 23.9 Å². The van der Waals surface area contributed by atoms with Gasteiger partial charge in [0.1, 0.15) is 28.7 Å². The Labute approximate surface area is 284 Å². The number of imidazole rings is 1. The normalized spacial score (nSPS) is 18.1. The summed E-state index contributed by atoms with van der Waals surface area (Å²) in [5, 5.41) is 19.4. The number of carbonyl (C=O) groups excluding carboxylic acids is 1. The Morgan fingerprint density at radius 1 is 1.14 bits per heavy atom. The molecule has 12 nitrogen and oxygen atoms in total. The fraction of sp³-hybridized carbons (Fsp3) is 0.389. The number of hydrogen-bond donors (Lipinski definition) is 2. The van der Waals surface area contributed by atoms with E-state index in [-0.39, 0.29) is 41.9 Å². The van der Waals surface area contributed by atoms with Gasteiger partial charge in [-0.2, -0.15) is 5.26 Å². The Morgan fingerprint density at radius 2 is 1.90 bits per heavy atom. The number of pyridine rings is 1. The molecule has 2 saturated heterocycles. The van der Waals surface area contributed by atoms with Crippen molar-refractivity contribution in [2.45, 2.75) is 38.3 Å². The number of piperazine rings is 1. The van der Waals surface area contributed by atoms with Gasteiger partial charge in [-0.3, -0.25) is 23.7 Å². The fourth-order valence-corrected chi connectivity index (χ4v) is 6.90. The molecule has 2 aromatic carbocycles. The van der Waals surface area contributed by atoms with Crippen molar-refractivity contribution in [2.24, 2.45) is 0 Å². The van der Waals surface area contributed by atoms with Crippen molar-refractivity contribution in [1.29, 1.82) is 5.26 Å². The average molecular weight is 669 g/mol. The number of nitrogens with two attached hydrogens (primary N) is 1. The number of fused-ring (bicyclic) bond motifs is 1. The fourth-order valence-electron chi connectivity index (χ4n) is 6.90. The number of para-hydroxylation sites is 1. The van der Waals surface area contributed by atoms with Gasteiger partial charge in [0.15, 0.2) is 11.6 Å². The van der Waals surface area contributed by atoms with Crippen LogP contribution in [0.3, 0.4) is 0 Å². The number of nitrogens with zero attached hydrogens (tertiary/aromatic N) is 7. The number of halogens is 1. The zero-order chi connectivity index (χ0) is 34.7. The van der Waals surface area contributed by atoms with Crippen LogP contribution in [0.1, 0.15) is 32.7 Å². The van der Waals surface area contributed by atoms with Gasteiger partial charge in [-0.05, 0) is 63.1 Å². The number of hydrogen-bond acceptors (Lipinski definition) is 9. The topological polar surface area (TPSA) is 146 Å². The molecule has 1 atom stereocenters. The molecule has 2 fully saturated rings. The molecule has 0 spiro atoms. The lowest BCUT2D eigenvalue weighted by Gasteiger charge is -2.43. The van der Waals surface area contributed by atoms with Crippen molar-refractivity contribution >= 4 is 22.8 Å². The number of likely N-dealkylation sites (tertiary alicyclic amines) is 1. The second kappa shape index (κ2) is 14.2. The highest BCUT2D eigenvalue weighted by atomic mass is 19.1. The Balaban J connectivity index is 1.27. The number of rotatable bonds is 9. The van der Waals surface area contributed by atoms with Crippen molar-refractivity contribution in [3.8, 4) is 23.3 Å². The van der Waals surface area contributed by atoms with Crippen LogP contribution in [0.4, 0.5) is 10.2 Å². The molecular formula is C36H41FN8O4. The van der Waals surface area contributed by atoms with Crippen molar-refractivity contribution in [1.82, 2.24) is 28.8 Å². The number of aromatic nitrogens is 3. The molecule has 3 N–H and O–H groups in total.